The van der Waals surface area contributed by atoms with E-state index in [2.05, 4.69) is 15.6 Å². The molecule has 0 saturated heterocycles. The zero-order valence-corrected chi connectivity index (χ0v) is 18.3. The zero-order chi connectivity index (χ0) is 22.2. The molecule has 10 heteroatoms. The van der Waals surface area contributed by atoms with Gasteiger partial charge in [0.2, 0.25) is 11.8 Å². The Morgan fingerprint density at radius 2 is 1.90 bits per heavy atom. The number of amides is 2. The monoisotopic (exact) mass is 456 g/mol. The van der Waals surface area contributed by atoms with Crippen LogP contribution < -0.4 is 10.6 Å². The van der Waals surface area contributed by atoms with Crippen LogP contribution in [0.1, 0.15) is 19.8 Å². The fourth-order valence-corrected chi connectivity index (χ4v) is 4.07. The van der Waals surface area contributed by atoms with E-state index in [1.807, 2.05) is 19.1 Å². The summed E-state index contributed by atoms with van der Waals surface area (Å²) in [6.07, 6.45) is 1.27. The van der Waals surface area contributed by atoms with Crippen molar-refractivity contribution in [3.8, 4) is 11.3 Å². The van der Waals surface area contributed by atoms with E-state index in [-0.39, 0.29) is 23.3 Å². The van der Waals surface area contributed by atoms with Crippen molar-refractivity contribution in [2.24, 2.45) is 0 Å². The second-order valence-corrected chi connectivity index (χ2v) is 8.41. The summed E-state index contributed by atoms with van der Waals surface area (Å²) in [6.45, 7) is 1.95. The van der Waals surface area contributed by atoms with Crippen LogP contribution in [-0.4, -0.2) is 27.5 Å². The molecule has 31 heavy (non-hydrogen) atoms. The van der Waals surface area contributed by atoms with E-state index in [9.17, 15) is 19.7 Å². The summed E-state index contributed by atoms with van der Waals surface area (Å²) in [7, 11) is 0. The summed E-state index contributed by atoms with van der Waals surface area (Å²) in [6, 6.07) is 13.5. The maximum Gasteiger partial charge on any atom is 0.270 e. The molecule has 3 aromatic rings. The number of benzene rings is 2. The van der Waals surface area contributed by atoms with Gasteiger partial charge in [-0.15, -0.1) is 23.1 Å². The number of nitrogens with one attached hydrogen (secondary N) is 2. The first-order chi connectivity index (χ1) is 14.9. The number of hydrogen-bond donors (Lipinski definition) is 2. The minimum atomic E-state index is -0.457. The molecule has 0 radical (unpaired) electrons. The SMILES string of the molecule is CCCC(=O)Nc1ccc(SCC(=O)Nc2nc(-c3cccc([N+](=O)[O-])c3)cs2)cc1. The highest BCUT2D eigenvalue weighted by atomic mass is 32.2. The summed E-state index contributed by atoms with van der Waals surface area (Å²) in [5, 5.41) is 18.7. The van der Waals surface area contributed by atoms with Gasteiger partial charge in [0.25, 0.3) is 5.69 Å². The van der Waals surface area contributed by atoms with Crippen molar-refractivity contribution in [2.45, 2.75) is 24.7 Å². The fraction of sp³-hybridized carbons (Fsp3) is 0.190. The summed E-state index contributed by atoms with van der Waals surface area (Å²) < 4.78 is 0. The number of thiazole rings is 1. The third-order valence-corrected chi connectivity index (χ3v) is 5.86. The molecule has 3 rings (SSSR count). The Morgan fingerprint density at radius 1 is 1.13 bits per heavy atom. The van der Waals surface area contributed by atoms with Gasteiger partial charge in [-0.3, -0.25) is 19.7 Å². The van der Waals surface area contributed by atoms with Gasteiger partial charge in [0, 0.05) is 40.1 Å². The molecule has 1 aromatic heterocycles. The number of aromatic nitrogens is 1. The average molecular weight is 457 g/mol. The van der Waals surface area contributed by atoms with Crippen molar-refractivity contribution >= 4 is 51.4 Å². The standard InChI is InChI=1S/C21H20N4O4S2/c1-2-4-19(26)22-15-7-9-17(10-8-15)30-13-20(27)24-21-23-18(12-31-21)14-5-3-6-16(11-14)25(28)29/h3,5-12H,2,4,13H2,1H3,(H,22,26)(H,23,24,27). The Morgan fingerprint density at radius 3 is 2.61 bits per heavy atom. The molecule has 8 nitrogen and oxygen atoms in total. The Labute approximate surface area is 187 Å². The normalized spacial score (nSPS) is 10.5. The van der Waals surface area contributed by atoms with E-state index in [1.54, 1.807) is 29.6 Å². The van der Waals surface area contributed by atoms with Gasteiger partial charge in [0.15, 0.2) is 5.13 Å². The van der Waals surface area contributed by atoms with Gasteiger partial charge in [-0.1, -0.05) is 19.1 Å². The molecular weight excluding hydrogens is 436 g/mol. The quantitative estimate of drug-likeness (QED) is 0.260. The van der Waals surface area contributed by atoms with Crippen LogP contribution in [0.2, 0.25) is 0 Å². The highest BCUT2D eigenvalue weighted by Gasteiger charge is 2.12. The number of anilines is 2. The molecule has 2 aromatic carbocycles. The summed E-state index contributed by atoms with van der Waals surface area (Å²) >= 11 is 2.63. The molecule has 2 amide bonds. The molecule has 0 spiro atoms. The molecule has 1 heterocycles. The van der Waals surface area contributed by atoms with Crippen LogP contribution in [0.4, 0.5) is 16.5 Å². The van der Waals surface area contributed by atoms with Crippen molar-refractivity contribution < 1.29 is 14.5 Å². The topological polar surface area (TPSA) is 114 Å². The zero-order valence-electron chi connectivity index (χ0n) is 16.7. The first-order valence-electron chi connectivity index (χ1n) is 9.47. The van der Waals surface area contributed by atoms with Crippen molar-refractivity contribution in [2.75, 3.05) is 16.4 Å². The van der Waals surface area contributed by atoms with Crippen LogP contribution in [0.15, 0.2) is 58.8 Å². The van der Waals surface area contributed by atoms with Crippen LogP contribution >= 0.6 is 23.1 Å². The Bertz CT molecular complexity index is 1080. The number of carbonyl (C=O) groups excluding carboxylic acids is 2. The molecule has 0 bridgehead atoms. The highest BCUT2D eigenvalue weighted by Crippen LogP contribution is 2.28. The van der Waals surface area contributed by atoms with E-state index in [4.69, 9.17) is 0 Å². The number of rotatable bonds is 9. The third-order valence-electron chi connectivity index (χ3n) is 4.09. The minimum Gasteiger partial charge on any atom is -0.326 e. The van der Waals surface area contributed by atoms with E-state index in [0.717, 1.165) is 17.0 Å². The van der Waals surface area contributed by atoms with Crippen molar-refractivity contribution in [3.63, 3.8) is 0 Å². The second kappa shape index (κ2) is 10.7. The molecule has 0 aliphatic heterocycles. The third kappa shape index (κ3) is 6.63. The van der Waals surface area contributed by atoms with Crippen LogP contribution in [0.25, 0.3) is 11.3 Å². The predicted molar refractivity (Wildman–Crippen MR) is 124 cm³/mol. The van der Waals surface area contributed by atoms with E-state index in [0.29, 0.717) is 22.8 Å². The summed E-state index contributed by atoms with van der Waals surface area (Å²) in [5.74, 6) is -0.0201. The lowest BCUT2D eigenvalue weighted by Crippen LogP contribution is -2.13. The highest BCUT2D eigenvalue weighted by molar-refractivity contribution is 8.00. The van der Waals surface area contributed by atoms with Gasteiger partial charge in [-0.05, 0) is 30.7 Å². The maximum atomic E-state index is 12.2. The van der Waals surface area contributed by atoms with Crippen LogP contribution in [0.5, 0.6) is 0 Å². The number of carbonyl (C=O) groups is 2. The lowest BCUT2D eigenvalue weighted by molar-refractivity contribution is -0.384. The molecule has 0 fully saturated rings. The minimum absolute atomic E-state index is 0.0107. The fourth-order valence-electron chi connectivity index (χ4n) is 2.63. The van der Waals surface area contributed by atoms with E-state index >= 15 is 0 Å². The van der Waals surface area contributed by atoms with Crippen molar-refractivity contribution in [3.05, 3.63) is 64.0 Å². The predicted octanol–water partition coefficient (Wildman–Crippen LogP) is 5.19. The Balaban J connectivity index is 1.52. The van der Waals surface area contributed by atoms with Gasteiger partial charge in [0.05, 0.1) is 16.4 Å². The van der Waals surface area contributed by atoms with Gasteiger partial charge in [0.1, 0.15) is 0 Å². The first kappa shape index (κ1) is 22.4. The van der Waals surface area contributed by atoms with Gasteiger partial charge in [-0.2, -0.15) is 0 Å². The van der Waals surface area contributed by atoms with Gasteiger partial charge < -0.3 is 10.6 Å². The lowest BCUT2D eigenvalue weighted by Gasteiger charge is -2.06. The molecule has 160 valence electrons. The smallest absolute Gasteiger partial charge is 0.270 e. The average Bonchev–Trinajstić information content (AvgIpc) is 3.22. The van der Waals surface area contributed by atoms with Crippen molar-refractivity contribution in [1.82, 2.24) is 4.98 Å². The lowest BCUT2D eigenvalue weighted by atomic mass is 10.1. The van der Waals surface area contributed by atoms with E-state index < -0.39 is 4.92 Å². The molecule has 0 unspecified atom stereocenters. The molecule has 0 aliphatic carbocycles. The number of thioether (sulfide) groups is 1. The maximum absolute atomic E-state index is 12.2. The second-order valence-electron chi connectivity index (χ2n) is 6.50. The Kier molecular flexibility index (Phi) is 7.74. The number of nitrogens with zero attached hydrogens (tertiary/aromatic N) is 2. The van der Waals surface area contributed by atoms with Crippen molar-refractivity contribution in [1.29, 1.82) is 0 Å². The van der Waals surface area contributed by atoms with Gasteiger partial charge in [-0.25, -0.2) is 4.98 Å². The van der Waals surface area contributed by atoms with Crippen LogP contribution in [0.3, 0.4) is 0 Å². The van der Waals surface area contributed by atoms with E-state index in [1.165, 1.54) is 35.2 Å². The number of nitro groups is 1. The first-order valence-corrected chi connectivity index (χ1v) is 11.3. The van der Waals surface area contributed by atoms with Gasteiger partial charge >= 0.3 is 0 Å². The summed E-state index contributed by atoms with van der Waals surface area (Å²) in [4.78, 5) is 39.6. The number of nitro benzene ring substituents is 1. The summed E-state index contributed by atoms with van der Waals surface area (Å²) in [5.41, 5.74) is 1.90. The van der Waals surface area contributed by atoms with Crippen LogP contribution in [-0.2, 0) is 9.59 Å². The molecular formula is C21H20N4O4S2. The number of hydrogen-bond acceptors (Lipinski definition) is 7. The molecule has 2 N–H and O–H groups in total. The molecule has 0 saturated carbocycles. The molecule has 0 atom stereocenters. The van der Waals surface area contributed by atoms with Crippen LogP contribution in [0, 0.1) is 10.1 Å². The number of non-ortho nitro benzene ring substituents is 1. The Hall–Kier alpha value is -3.24. The molecule has 0 aliphatic rings. The largest absolute Gasteiger partial charge is 0.326 e.